The molecule has 0 spiro atoms. The van der Waals surface area contributed by atoms with Gasteiger partial charge in [-0.05, 0) is 29.8 Å². The summed E-state index contributed by atoms with van der Waals surface area (Å²) in [4.78, 5) is 4.39. The summed E-state index contributed by atoms with van der Waals surface area (Å²) in [6.07, 6.45) is 2.67. The molecule has 1 aliphatic rings. The first-order valence-electron chi connectivity index (χ1n) is 4.20. The van der Waals surface area contributed by atoms with Crippen LogP contribution in [0.2, 0.25) is 0 Å². The van der Waals surface area contributed by atoms with Crippen molar-refractivity contribution in [1.82, 2.24) is 0 Å². The first-order chi connectivity index (χ1) is 6.33. The average Bonchev–Trinajstić information content (AvgIpc) is 2.58. The van der Waals surface area contributed by atoms with Gasteiger partial charge in [0.2, 0.25) is 0 Å². The van der Waals surface area contributed by atoms with Crippen LogP contribution in [-0.4, -0.2) is 12.8 Å². The van der Waals surface area contributed by atoms with Crippen LogP contribution in [0.3, 0.4) is 0 Å². The van der Waals surface area contributed by atoms with Crippen molar-refractivity contribution in [2.75, 3.05) is 7.11 Å². The zero-order chi connectivity index (χ0) is 9.26. The highest BCUT2D eigenvalue weighted by Crippen LogP contribution is 2.30. The van der Waals surface area contributed by atoms with Gasteiger partial charge in [-0.25, -0.2) is 0 Å². The number of methoxy groups -OCH3 is 1. The highest BCUT2D eigenvalue weighted by atomic mass is 16.5. The Bertz CT molecular complexity index is 380. The molecular formula is C11H11NO. The summed E-state index contributed by atoms with van der Waals surface area (Å²) in [5.41, 5.74) is 3.29. The van der Waals surface area contributed by atoms with Crippen LogP contribution >= 0.6 is 0 Å². The van der Waals surface area contributed by atoms with Crippen molar-refractivity contribution >= 4 is 11.4 Å². The van der Waals surface area contributed by atoms with Crippen molar-refractivity contribution in [1.29, 1.82) is 0 Å². The SMILES string of the molecule is C=CC1=Nc2ccc(OC)cc2C1. The number of fused-ring (bicyclic) bond motifs is 1. The van der Waals surface area contributed by atoms with Gasteiger partial charge in [0, 0.05) is 12.1 Å². The minimum absolute atomic E-state index is 0.871. The molecule has 0 aromatic heterocycles. The lowest BCUT2D eigenvalue weighted by atomic mass is 10.1. The van der Waals surface area contributed by atoms with Gasteiger partial charge < -0.3 is 4.74 Å². The van der Waals surface area contributed by atoms with Crippen molar-refractivity contribution in [3.8, 4) is 5.75 Å². The van der Waals surface area contributed by atoms with E-state index in [1.165, 1.54) is 5.56 Å². The normalized spacial score (nSPS) is 13.5. The van der Waals surface area contributed by atoms with Crippen LogP contribution in [0.15, 0.2) is 35.8 Å². The summed E-state index contributed by atoms with van der Waals surface area (Å²) in [5.74, 6) is 0.888. The van der Waals surface area contributed by atoms with Crippen molar-refractivity contribution < 1.29 is 4.74 Å². The Morgan fingerprint density at radius 1 is 1.54 bits per heavy atom. The summed E-state index contributed by atoms with van der Waals surface area (Å²) in [5, 5.41) is 0. The van der Waals surface area contributed by atoms with Crippen LogP contribution < -0.4 is 4.74 Å². The van der Waals surface area contributed by atoms with Crippen molar-refractivity contribution in [3.05, 3.63) is 36.4 Å². The Morgan fingerprint density at radius 3 is 3.08 bits per heavy atom. The van der Waals surface area contributed by atoms with E-state index in [1.807, 2.05) is 18.2 Å². The van der Waals surface area contributed by atoms with Crippen LogP contribution in [0, 0.1) is 0 Å². The second-order valence-corrected chi connectivity index (χ2v) is 2.98. The Kier molecular flexibility index (Phi) is 1.89. The summed E-state index contributed by atoms with van der Waals surface area (Å²) < 4.78 is 5.13. The molecule has 1 aliphatic heterocycles. The number of nitrogens with zero attached hydrogens (tertiary/aromatic N) is 1. The number of hydrogen-bond acceptors (Lipinski definition) is 2. The quantitative estimate of drug-likeness (QED) is 0.673. The van der Waals surface area contributed by atoms with Crippen LogP contribution in [0.25, 0.3) is 0 Å². The average molecular weight is 173 g/mol. The van der Waals surface area contributed by atoms with Crippen LogP contribution in [-0.2, 0) is 6.42 Å². The summed E-state index contributed by atoms with van der Waals surface area (Å²) in [7, 11) is 1.67. The topological polar surface area (TPSA) is 21.6 Å². The predicted molar refractivity (Wildman–Crippen MR) is 54.0 cm³/mol. The second kappa shape index (κ2) is 3.05. The van der Waals surface area contributed by atoms with Gasteiger partial charge in [0.05, 0.1) is 12.8 Å². The third-order valence-electron chi connectivity index (χ3n) is 2.16. The first-order valence-corrected chi connectivity index (χ1v) is 4.20. The van der Waals surface area contributed by atoms with E-state index < -0.39 is 0 Å². The third-order valence-corrected chi connectivity index (χ3v) is 2.16. The molecule has 2 nitrogen and oxygen atoms in total. The van der Waals surface area contributed by atoms with Crippen LogP contribution in [0.5, 0.6) is 5.75 Å². The van der Waals surface area contributed by atoms with E-state index in [1.54, 1.807) is 13.2 Å². The fourth-order valence-corrected chi connectivity index (χ4v) is 1.45. The summed E-state index contributed by atoms with van der Waals surface area (Å²) in [6.45, 7) is 3.71. The van der Waals surface area contributed by atoms with Gasteiger partial charge in [-0.15, -0.1) is 0 Å². The second-order valence-electron chi connectivity index (χ2n) is 2.98. The van der Waals surface area contributed by atoms with Gasteiger partial charge >= 0.3 is 0 Å². The molecular weight excluding hydrogens is 162 g/mol. The Labute approximate surface area is 77.6 Å². The maximum absolute atomic E-state index is 5.13. The van der Waals surface area contributed by atoms with Crippen molar-refractivity contribution in [2.45, 2.75) is 6.42 Å². The molecule has 13 heavy (non-hydrogen) atoms. The van der Waals surface area contributed by atoms with Crippen molar-refractivity contribution in [2.24, 2.45) is 4.99 Å². The lowest BCUT2D eigenvalue weighted by molar-refractivity contribution is 0.414. The van der Waals surface area contributed by atoms with Gasteiger partial charge in [0.1, 0.15) is 5.75 Å². The van der Waals surface area contributed by atoms with E-state index in [-0.39, 0.29) is 0 Å². The van der Waals surface area contributed by atoms with E-state index in [0.29, 0.717) is 0 Å². The van der Waals surface area contributed by atoms with Crippen molar-refractivity contribution in [3.63, 3.8) is 0 Å². The lowest BCUT2D eigenvalue weighted by Gasteiger charge is -2.01. The van der Waals surface area contributed by atoms with Crippen LogP contribution in [0.1, 0.15) is 5.56 Å². The number of ether oxygens (including phenoxy) is 1. The number of hydrogen-bond donors (Lipinski definition) is 0. The van der Waals surface area contributed by atoms with Gasteiger partial charge in [0.15, 0.2) is 0 Å². The summed E-state index contributed by atoms with van der Waals surface area (Å²) >= 11 is 0. The Morgan fingerprint density at radius 2 is 2.38 bits per heavy atom. The summed E-state index contributed by atoms with van der Waals surface area (Å²) in [6, 6.07) is 5.92. The molecule has 0 saturated heterocycles. The number of rotatable bonds is 2. The molecule has 2 heteroatoms. The molecule has 0 saturated carbocycles. The minimum Gasteiger partial charge on any atom is -0.497 e. The highest BCUT2D eigenvalue weighted by Gasteiger charge is 2.12. The van der Waals surface area contributed by atoms with E-state index in [2.05, 4.69) is 11.6 Å². The largest absolute Gasteiger partial charge is 0.497 e. The van der Waals surface area contributed by atoms with E-state index in [0.717, 1.165) is 23.6 Å². The van der Waals surface area contributed by atoms with Gasteiger partial charge in [0.25, 0.3) is 0 Å². The van der Waals surface area contributed by atoms with Gasteiger partial charge in [-0.2, -0.15) is 0 Å². The Hall–Kier alpha value is -1.57. The molecule has 0 bridgehead atoms. The molecule has 0 unspecified atom stereocenters. The third kappa shape index (κ3) is 1.35. The number of benzene rings is 1. The fraction of sp³-hybridized carbons (Fsp3) is 0.182. The standard InChI is InChI=1S/C11H11NO/c1-3-9-6-8-7-10(13-2)4-5-11(8)12-9/h3-5,7H,1,6H2,2H3. The molecule has 2 rings (SSSR count). The Balaban J connectivity index is 2.38. The molecule has 1 heterocycles. The fourth-order valence-electron chi connectivity index (χ4n) is 1.45. The smallest absolute Gasteiger partial charge is 0.119 e. The molecule has 0 amide bonds. The van der Waals surface area contributed by atoms with Crippen LogP contribution in [0.4, 0.5) is 5.69 Å². The highest BCUT2D eigenvalue weighted by molar-refractivity contribution is 6.01. The molecule has 0 atom stereocenters. The van der Waals surface area contributed by atoms with Gasteiger partial charge in [-0.1, -0.05) is 6.58 Å². The molecule has 0 N–H and O–H groups in total. The molecule has 0 aliphatic carbocycles. The monoisotopic (exact) mass is 173 g/mol. The maximum Gasteiger partial charge on any atom is 0.119 e. The lowest BCUT2D eigenvalue weighted by Crippen LogP contribution is -1.91. The van der Waals surface area contributed by atoms with E-state index in [9.17, 15) is 0 Å². The zero-order valence-electron chi connectivity index (χ0n) is 7.58. The maximum atomic E-state index is 5.13. The predicted octanol–water partition coefficient (Wildman–Crippen LogP) is 2.51. The molecule has 1 aromatic rings. The molecule has 0 radical (unpaired) electrons. The van der Waals surface area contributed by atoms with Gasteiger partial charge in [-0.3, -0.25) is 4.99 Å². The molecule has 66 valence electrons. The molecule has 1 aromatic carbocycles. The zero-order valence-corrected chi connectivity index (χ0v) is 7.58. The van der Waals surface area contributed by atoms with E-state index in [4.69, 9.17) is 4.74 Å². The number of allylic oxidation sites excluding steroid dienone is 1. The molecule has 0 fully saturated rings. The number of aliphatic imine (C=N–C) groups is 1. The minimum atomic E-state index is 0.871. The van der Waals surface area contributed by atoms with E-state index >= 15 is 0 Å². The first kappa shape index (κ1) is 8.05.